The first kappa shape index (κ1) is 31.2. The van der Waals surface area contributed by atoms with E-state index in [1.54, 1.807) is 13.0 Å². The minimum atomic E-state index is -3.83. The van der Waals surface area contributed by atoms with E-state index in [1.165, 1.54) is 11.0 Å². The normalized spacial score (nSPS) is 30.4. The maximum atomic E-state index is 14.1. The highest BCUT2D eigenvalue weighted by molar-refractivity contribution is 5.89. The predicted octanol–water partition coefficient (Wildman–Crippen LogP) is 5.17. The fraction of sp³-hybridized carbons (Fsp3) is 0.656. The van der Waals surface area contributed by atoms with E-state index >= 15 is 0 Å². The van der Waals surface area contributed by atoms with E-state index in [1.807, 2.05) is 20.8 Å². The number of nitrogens with zero attached hydrogens (tertiary/aromatic N) is 3. The Morgan fingerprint density at radius 1 is 1.00 bits per heavy atom. The first-order chi connectivity index (χ1) is 21.3. The number of aryl methyl sites for hydroxylation is 1. The molecule has 6 atom stereocenters. The van der Waals surface area contributed by atoms with Gasteiger partial charge in [-0.2, -0.15) is 0 Å². The molecule has 0 unspecified atom stereocenters. The summed E-state index contributed by atoms with van der Waals surface area (Å²) in [5, 5.41) is 2.81. The Hall–Kier alpha value is -3.77. The number of rotatable bonds is 1. The molecule has 11 nitrogen and oxygen atoms in total. The number of ether oxygens (including phenoxy) is 4. The monoisotopic (exact) mass is 630 g/mol. The molecule has 2 aromatic rings. The Labute approximate surface area is 260 Å². The molecule has 2 fully saturated rings. The molecule has 13 heteroatoms. The van der Waals surface area contributed by atoms with E-state index in [0.717, 1.165) is 44.9 Å². The summed E-state index contributed by atoms with van der Waals surface area (Å²) in [5.74, 6) is -0.880. The first-order valence-corrected chi connectivity index (χ1v) is 15.8. The molecular weight excluding hydrogens is 590 g/mol. The Balaban J connectivity index is 1.37. The van der Waals surface area contributed by atoms with Crippen LogP contribution in [0.1, 0.15) is 78.3 Å². The minimum Gasteiger partial charge on any atom is -0.471 e. The lowest BCUT2D eigenvalue weighted by atomic mass is 9.85. The SMILES string of the molecule is C[C@@H]1[C@@H]2CN(C(=O)[C@H](C(C)(C)C)NC(=O)O[C@@H]3CCC[C@H]3CCCCCc3nc4ccc5c(c4nc3O2)OC(F)(F)O5)[C@@H]1C=O. The Kier molecular flexibility index (Phi) is 8.23. The topological polar surface area (TPSA) is 129 Å². The second kappa shape index (κ2) is 11.9. The van der Waals surface area contributed by atoms with Crippen LogP contribution in [-0.4, -0.2) is 70.3 Å². The summed E-state index contributed by atoms with van der Waals surface area (Å²) in [5.41, 5.74) is 0.286. The van der Waals surface area contributed by atoms with E-state index in [-0.39, 0.29) is 41.5 Å². The van der Waals surface area contributed by atoms with Crippen LogP contribution < -0.4 is 19.5 Å². The zero-order chi connectivity index (χ0) is 32.1. The Bertz CT molecular complexity index is 1480. The molecule has 6 rings (SSSR count). The van der Waals surface area contributed by atoms with Gasteiger partial charge in [0.2, 0.25) is 17.5 Å². The van der Waals surface area contributed by atoms with Gasteiger partial charge in [0.25, 0.3) is 0 Å². The first-order valence-electron chi connectivity index (χ1n) is 15.8. The van der Waals surface area contributed by atoms with Gasteiger partial charge in [-0.05, 0) is 62.0 Å². The average Bonchev–Trinajstić information content (AvgIpc) is 3.64. The van der Waals surface area contributed by atoms with Crippen LogP contribution in [0.5, 0.6) is 17.4 Å². The lowest BCUT2D eigenvalue weighted by Crippen LogP contribution is -2.56. The summed E-state index contributed by atoms with van der Waals surface area (Å²) in [4.78, 5) is 50.4. The average molecular weight is 631 g/mol. The maximum Gasteiger partial charge on any atom is 0.586 e. The molecule has 3 aliphatic heterocycles. The van der Waals surface area contributed by atoms with Gasteiger partial charge in [-0.1, -0.05) is 40.5 Å². The van der Waals surface area contributed by atoms with Gasteiger partial charge in [0.1, 0.15) is 35.7 Å². The van der Waals surface area contributed by atoms with Crippen molar-refractivity contribution < 1.29 is 42.1 Å². The number of nitrogens with one attached hydrogen (secondary N) is 1. The van der Waals surface area contributed by atoms with Crippen molar-refractivity contribution in [3.05, 3.63) is 17.8 Å². The number of halogens is 2. The molecule has 0 radical (unpaired) electrons. The van der Waals surface area contributed by atoms with Gasteiger partial charge < -0.3 is 34.0 Å². The van der Waals surface area contributed by atoms with Crippen molar-refractivity contribution in [2.75, 3.05) is 6.54 Å². The number of benzene rings is 1. The van der Waals surface area contributed by atoms with Crippen LogP contribution in [-0.2, 0) is 20.7 Å². The van der Waals surface area contributed by atoms with Crippen molar-refractivity contribution in [2.24, 2.45) is 17.3 Å². The largest absolute Gasteiger partial charge is 0.586 e. The fourth-order valence-electron chi connectivity index (χ4n) is 6.98. The Morgan fingerprint density at radius 3 is 2.53 bits per heavy atom. The number of amides is 2. The van der Waals surface area contributed by atoms with Crippen molar-refractivity contribution >= 4 is 29.3 Å². The second-order valence-corrected chi connectivity index (χ2v) is 13.7. The van der Waals surface area contributed by atoms with Crippen LogP contribution in [0.4, 0.5) is 13.6 Å². The number of hydrogen-bond acceptors (Lipinski definition) is 9. The molecule has 4 heterocycles. The molecule has 1 saturated carbocycles. The van der Waals surface area contributed by atoms with Crippen LogP contribution in [0.25, 0.3) is 11.0 Å². The lowest BCUT2D eigenvalue weighted by molar-refractivity contribution is -0.286. The van der Waals surface area contributed by atoms with Gasteiger partial charge in [-0.15, -0.1) is 8.78 Å². The molecule has 244 valence electrons. The molecule has 1 saturated heterocycles. The number of aldehydes is 1. The van der Waals surface area contributed by atoms with E-state index in [9.17, 15) is 23.2 Å². The Morgan fingerprint density at radius 2 is 1.78 bits per heavy atom. The van der Waals surface area contributed by atoms with E-state index < -0.39 is 47.8 Å². The fourth-order valence-corrected chi connectivity index (χ4v) is 6.98. The smallest absolute Gasteiger partial charge is 0.471 e. The standard InChI is InChI=1S/C32H40F2N4O7/c1-17-21(16-39)38-15-24(17)42-28-20(35-19-13-14-23-26(25(19)36-28)45-32(33,34)44-23)11-7-5-6-9-18-10-8-12-22(18)43-30(41)37-27(29(38)40)31(2,3)4/h13-14,16-18,21-22,24,27H,5-12,15H2,1-4H3,(H,37,41)/t17-,18+,21+,22+,24-,27+/m0/s1. The van der Waals surface area contributed by atoms with Crippen molar-refractivity contribution in [1.29, 1.82) is 0 Å². The highest BCUT2D eigenvalue weighted by Crippen LogP contribution is 2.45. The van der Waals surface area contributed by atoms with Crippen LogP contribution in [0.3, 0.4) is 0 Å². The zero-order valence-corrected chi connectivity index (χ0v) is 26.0. The van der Waals surface area contributed by atoms with Gasteiger partial charge in [-0.3, -0.25) is 4.79 Å². The summed E-state index contributed by atoms with van der Waals surface area (Å²) in [6, 6.07) is 1.14. The number of alkyl halides is 2. The van der Waals surface area contributed by atoms with Gasteiger partial charge in [0.05, 0.1) is 18.1 Å². The zero-order valence-electron chi connectivity index (χ0n) is 26.0. The van der Waals surface area contributed by atoms with E-state index in [2.05, 4.69) is 15.0 Å². The van der Waals surface area contributed by atoms with E-state index in [0.29, 0.717) is 23.9 Å². The summed E-state index contributed by atoms with van der Waals surface area (Å²) >= 11 is 0. The molecule has 1 aromatic carbocycles. The number of alkyl carbamates (subject to hydrolysis) is 1. The third kappa shape index (κ3) is 6.22. The van der Waals surface area contributed by atoms with Gasteiger partial charge in [-0.25, -0.2) is 14.8 Å². The molecule has 0 spiro atoms. The van der Waals surface area contributed by atoms with Crippen molar-refractivity contribution in [1.82, 2.24) is 20.2 Å². The molecular formula is C32H40F2N4O7. The van der Waals surface area contributed by atoms with E-state index in [4.69, 9.17) is 19.2 Å². The van der Waals surface area contributed by atoms with Crippen molar-refractivity contribution in [2.45, 2.75) is 110 Å². The third-order valence-corrected chi connectivity index (χ3v) is 9.50. The molecule has 2 bridgehead atoms. The van der Waals surface area contributed by atoms with Crippen LogP contribution >= 0.6 is 0 Å². The highest BCUT2D eigenvalue weighted by Gasteiger charge is 2.48. The van der Waals surface area contributed by atoms with Gasteiger partial charge >= 0.3 is 12.4 Å². The summed E-state index contributed by atoms with van der Waals surface area (Å²) in [7, 11) is 0. The number of aromatic nitrogens is 2. The number of hydrogen-bond donors (Lipinski definition) is 1. The van der Waals surface area contributed by atoms with Crippen molar-refractivity contribution in [3.63, 3.8) is 0 Å². The molecule has 1 aromatic heterocycles. The van der Waals surface area contributed by atoms with Crippen LogP contribution in [0, 0.1) is 17.3 Å². The van der Waals surface area contributed by atoms with Crippen LogP contribution in [0.15, 0.2) is 12.1 Å². The number of fused-ring (bicyclic) bond motifs is 7. The van der Waals surface area contributed by atoms with Gasteiger partial charge in [0, 0.05) is 5.92 Å². The quantitative estimate of drug-likeness (QED) is 0.424. The van der Waals surface area contributed by atoms with Crippen LogP contribution in [0.2, 0.25) is 0 Å². The molecule has 1 N–H and O–H groups in total. The third-order valence-electron chi connectivity index (χ3n) is 9.50. The number of carbonyl (C=O) groups is 3. The minimum absolute atomic E-state index is 0.0428. The maximum absolute atomic E-state index is 14.1. The molecule has 45 heavy (non-hydrogen) atoms. The molecule has 4 aliphatic rings. The molecule has 2 amide bonds. The van der Waals surface area contributed by atoms with Gasteiger partial charge in [0.15, 0.2) is 5.75 Å². The second-order valence-electron chi connectivity index (χ2n) is 13.7. The summed E-state index contributed by atoms with van der Waals surface area (Å²) in [6.45, 7) is 7.37. The van der Waals surface area contributed by atoms with Crippen molar-refractivity contribution in [3.8, 4) is 17.4 Å². The highest BCUT2D eigenvalue weighted by atomic mass is 19.3. The predicted molar refractivity (Wildman–Crippen MR) is 157 cm³/mol. The summed E-state index contributed by atoms with van der Waals surface area (Å²) < 4.78 is 49.7. The summed E-state index contributed by atoms with van der Waals surface area (Å²) in [6.07, 6.45) is 2.08. The lowest BCUT2D eigenvalue weighted by Gasteiger charge is -2.35. The number of carbonyl (C=O) groups excluding carboxylic acids is 3. The molecule has 1 aliphatic carbocycles.